The lowest BCUT2D eigenvalue weighted by atomic mass is 10.2. The number of carbonyl (C=O) groups excluding carboxylic acids is 1. The van der Waals surface area contributed by atoms with Gasteiger partial charge in [0.05, 0.1) is 6.61 Å². The molecule has 0 bridgehead atoms. The van der Waals surface area contributed by atoms with Gasteiger partial charge in [0, 0.05) is 25.8 Å². The van der Waals surface area contributed by atoms with E-state index in [0.29, 0.717) is 12.3 Å². The molecule has 4 nitrogen and oxygen atoms in total. The molecule has 0 heterocycles. The number of rotatable bonds is 6. The Balaban J connectivity index is 2.66. The molecule has 1 rings (SSSR count). The Morgan fingerprint density at radius 3 is 2.74 bits per heavy atom. The molecular formula is C14H21FN2O2. The SMILES string of the molecule is CCCCCOc1ccc(N(C)C(=O)NC)cc1F. The lowest BCUT2D eigenvalue weighted by Crippen LogP contribution is -2.34. The smallest absolute Gasteiger partial charge is 0.321 e. The van der Waals surface area contributed by atoms with Gasteiger partial charge < -0.3 is 10.1 Å². The zero-order chi connectivity index (χ0) is 14.3. The number of urea groups is 1. The van der Waals surface area contributed by atoms with Gasteiger partial charge in [-0.2, -0.15) is 0 Å². The van der Waals surface area contributed by atoms with Crippen LogP contribution in [0.2, 0.25) is 0 Å². The third-order valence-corrected chi connectivity index (χ3v) is 2.83. The fourth-order valence-electron chi connectivity index (χ4n) is 1.63. The molecule has 0 unspecified atom stereocenters. The van der Waals surface area contributed by atoms with Gasteiger partial charge in [0.15, 0.2) is 11.6 Å². The van der Waals surface area contributed by atoms with Crippen LogP contribution in [0.25, 0.3) is 0 Å². The Hall–Kier alpha value is -1.78. The van der Waals surface area contributed by atoms with Crippen molar-refractivity contribution in [2.45, 2.75) is 26.2 Å². The fraction of sp³-hybridized carbons (Fsp3) is 0.500. The molecule has 0 saturated carbocycles. The molecule has 2 amide bonds. The van der Waals surface area contributed by atoms with E-state index in [1.165, 1.54) is 18.0 Å². The van der Waals surface area contributed by atoms with E-state index in [9.17, 15) is 9.18 Å². The van der Waals surface area contributed by atoms with Crippen LogP contribution in [0.5, 0.6) is 5.75 Å². The quantitative estimate of drug-likeness (QED) is 0.805. The van der Waals surface area contributed by atoms with Crippen LogP contribution in [0.15, 0.2) is 18.2 Å². The summed E-state index contributed by atoms with van der Waals surface area (Å²) in [5.74, 6) is -0.227. The fourth-order valence-corrected chi connectivity index (χ4v) is 1.63. The van der Waals surface area contributed by atoms with Crippen LogP contribution in [0, 0.1) is 5.82 Å². The molecular weight excluding hydrogens is 247 g/mol. The summed E-state index contributed by atoms with van der Waals surface area (Å²) < 4.78 is 19.2. The van der Waals surface area contributed by atoms with Gasteiger partial charge in [0.2, 0.25) is 0 Å². The number of anilines is 1. The number of hydrogen-bond acceptors (Lipinski definition) is 2. The van der Waals surface area contributed by atoms with Crippen molar-refractivity contribution < 1.29 is 13.9 Å². The summed E-state index contributed by atoms with van der Waals surface area (Å²) in [5, 5.41) is 2.48. The molecule has 0 aliphatic heterocycles. The summed E-state index contributed by atoms with van der Waals surface area (Å²) in [6, 6.07) is 4.21. The Morgan fingerprint density at radius 1 is 1.42 bits per heavy atom. The predicted octanol–water partition coefficient (Wildman–Crippen LogP) is 3.17. The van der Waals surface area contributed by atoms with Crippen LogP contribution < -0.4 is 15.0 Å². The third-order valence-electron chi connectivity index (χ3n) is 2.83. The number of hydrogen-bond donors (Lipinski definition) is 1. The molecule has 5 heteroatoms. The highest BCUT2D eigenvalue weighted by Gasteiger charge is 2.11. The van der Waals surface area contributed by atoms with Crippen LogP contribution >= 0.6 is 0 Å². The first-order valence-electron chi connectivity index (χ1n) is 6.48. The summed E-state index contributed by atoms with van der Waals surface area (Å²) in [6.07, 6.45) is 3.08. The summed E-state index contributed by atoms with van der Waals surface area (Å²) >= 11 is 0. The summed E-state index contributed by atoms with van der Waals surface area (Å²) in [7, 11) is 3.11. The second kappa shape index (κ2) is 7.61. The van der Waals surface area contributed by atoms with Crippen molar-refractivity contribution in [2.24, 2.45) is 0 Å². The summed E-state index contributed by atoms with van der Waals surface area (Å²) in [5.41, 5.74) is 0.484. The number of carbonyl (C=O) groups is 1. The number of amides is 2. The van der Waals surface area contributed by atoms with Crippen molar-refractivity contribution in [3.05, 3.63) is 24.0 Å². The molecule has 0 saturated heterocycles. The molecule has 0 fully saturated rings. The number of benzene rings is 1. The first-order valence-corrected chi connectivity index (χ1v) is 6.48. The predicted molar refractivity (Wildman–Crippen MR) is 74.3 cm³/mol. The van der Waals surface area contributed by atoms with Crippen molar-refractivity contribution in [2.75, 3.05) is 25.6 Å². The third kappa shape index (κ3) is 4.43. The lowest BCUT2D eigenvalue weighted by molar-refractivity contribution is 0.249. The zero-order valence-electron chi connectivity index (χ0n) is 11.7. The maximum Gasteiger partial charge on any atom is 0.321 e. The van der Waals surface area contributed by atoms with Gasteiger partial charge in [-0.1, -0.05) is 19.8 Å². The second-order valence-electron chi connectivity index (χ2n) is 4.28. The second-order valence-corrected chi connectivity index (χ2v) is 4.28. The molecule has 0 radical (unpaired) electrons. The van der Waals surface area contributed by atoms with Crippen LogP contribution in [0.3, 0.4) is 0 Å². The average Bonchev–Trinajstić information content (AvgIpc) is 2.43. The number of nitrogens with one attached hydrogen (secondary N) is 1. The number of ether oxygens (including phenoxy) is 1. The van der Waals surface area contributed by atoms with Crippen LogP contribution in [-0.2, 0) is 0 Å². The van der Waals surface area contributed by atoms with Crippen LogP contribution in [-0.4, -0.2) is 26.7 Å². The minimum absolute atomic E-state index is 0.227. The van der Waals surface area contributed by atoms with Gasteiger partial charge in [0.1, 0.15) is 0 Å². The number of nitrogens with zero attached hydrogens (tertiary/aromatic N) is 1. The summed E-state index contributed by atoms with van der Waals surface area (Å²) in [4.78, 5) is 12.8. The van der Waals surface area contributed by atoms with E-state index in [0.717, 1.165) is 19.3 Å². The Morgan fingerprint density at radius 2 is 2.16 bits per heavy atom. The molecule has 1 aromatic rings. The molecule has 19 heavy (non-hydrogen) atoms. The van der Waals surface area contributed by atoms with Crippen LogP contribution in [0.4, 0.5) is 14.9 Å². The average molecular weight is 268 g/mol. The molecule has 0 aliphatic carbocycles. The van der Waals surface area contributed by atoms with E-state index >= 15 is 0 Å². The normalized spacial score (nSPS) is 10.1. The van der Waals surface area contributed by atoms with Gasteiger partial charge in [0.25, 0.3) is 0 Å². The first kappa shape index (κ1) is 15.3. The lowest BCUT2D eigenvalue weighted by Gasteiger charge is -2.17. The van der Waals surface area contributed by atoms with E-state index < -0.39 is 5.82 Å². The Labute approximate surface area is 113 Å². The molecule has 1 aromatic carbocycles. The van der Waals surface area contributed by atoms with Gasteiger partial charge in [-0.25, -0.2) is 9.18 Å². The highest BCUT2D eigenvalue weighted by molar-refractivity contribution is 5.91. The van der Waals surface area contributed by atoms with E-state index in [1.54, 1.807) is 19.2 Å². The molecule has 1 N–H and O–H groups in total. The van der Waals surface area contributed by atoms with E-state index in [4.69, 9.17) is 4.74 Å². The van der Waals surface area contributed by atoms with Crippen molar-refractivity contribution in [1.82, 2.24) is 5.32 Å². The number of unbranched alkanes of at least 4 members (excludes halogenated alkanes) is 2. The van der Waals surface area contributed by atoms with Gasteiger partial charge in [-0.3, -0.25) is 4.90 Å². The first-order chi connectivity index (χ1) is 9.10. The van der Waals surface area contributed by atoms with Crippen molar-refractivity contribution >= 4 is 11.7 Å². The molecule has 0 atom stereocenters. The molecule has 106 valence electrons. The Kier molecular flexibility index (Phi) is 6.12. The van der Waals surface area contributed by atoms with Crippen molar-refractivity contribution in [3.63, 3.8) is 0 Å². The van der Waals surface area contributed by atoms with Gasteiger partial charge in [-0.15, -0.1) is 0 Å². The van der Waals surface area contributed by atoms with E-state index in [-0.39, 0.29) is 11.8 Å². The van der Waals surface area contributed by atoms with Crippen molar-refractivity contribution in [3.8, 4) is 5.75 Å². The highest BCUT2D eigenvalue weighted by atomic mass is 19.1. The van der Waals surface area contributed by atoms with E-state index in [2.05, 4.69) is 12.2 Å². The highest BCUT2D eigenvalue weighted by Crippen LogP contribution is 2.23. The zero-order valence-corrected chi connectivity index (χ0v) is 11.7. The maximum absolute atomic E-state index is 13.8. The summed E-state index contributed by atoms with van der Waals surface area (Å²) in [6.45, 7) is 2.61. The molecule has 0 spiro atoms. The monoisotopic (exact) mass is 268 g/mol. The topological polar surface area (TPSA) is 41.6 Å². The van der Waals surface area contributed by atoms with Crippen molar-refractivity contribution in [1.29, 1.82) is 0 Å². The van der Waals surface area contributed by atoms with Gasteiger partial charge in [-0.05, 0) is 18.6 Å². The standard InChI is InChI=1S/C14H21FN2O2/c1-4-5-6-9-19-13-8-7-11(10-12(13)15)17(3)14(18)16-2/h7-8,10H,4-6,9H2,1-3H3,(H,16,18). The van der Waals surface area contributed by atoms with Crippen LogP contribution in [0.1, 0.15) is 26.2 Å². The molecule has 0 aliphatic rings. The Bertz CT molecular complexity index is 424. The maximum atomic E-state index is 13.8. The largest absolute Gasteiger partial charge is 0.491 e. The number of halogens is 1. The van der Waals surface area contributed by atoms with Gasteiger partial charge >= 0.3 is 6.03 Å². The van der Waals surface area contributed by atoms with E-state index in [1.807, 2.05) is 0 Å². The minimum atomic E-state index is -0.454. The minimum Gasteiger partial charge on any atom is -0.491 e. The molecule has 0 aromatic heterocycles.